The second-order valence-corrected chi connectivity index (χ2v) is 9.21. The number of carbonyl (C=O) groups excluding carboxylic acids is 2. The van der Waals surface area contributed by atoms with Crippen LogP contribution in [0.25, 0.3) is 0 Å². The Balaban J connectivity index is 0.000000243. The molecule has 0 spiro atoms. The molecule has 0 aromatic heterocycles. The summed E-state index contributed by atoms with van der Waals surface area (Å²) in [5.41, 5.74) is 6.34. The summed E-state index contributed by atoms with van der Waals surface area (Å²) in [5.74, 6) is 1.54. The maximum atomic E-state index is 12.2. The molecule has 2 aromatic carbocycles. The van der Waals surface area contributed by atoms with Crippen molar-refractivity contribution in [3.05, 3.63) is 68.7 Å². The van der Waals surface area contributed by atoms with Crippen molar-refractivity contribution in [2.24, 2.45) is 11.8 Å². The predicted molar refractivity (Wildman–Crippen MR) is 115 cm³/mol. The molecule has 10 heteroatoms. The number of carbonyl (C=O) groups is 2. The maximum absolute atomic E-state index is 12.2. The van der Waals surface area contributed by atoms with Crippen LogP contribution in [-0.4, -0.2) is 11.8 Å². The smallest absolute Gasteiger partial charge is 0.252 e. The summed E-state index contributed by atoms with van der Waals surface area (Å²) in [5, 5.41) is 1.07. The summed E-state index contributed by atoms with van der Waals surface area (Å²) in [4.78, 5) is 21.9. The summed E-state index contributed by atoms with van der Waals surface area (Å²) in [6, 6.07) is 10.8. The zero-order valence-electron chi connectivity index (χ0n) is 17.3. The third-order valence-corrected chi connectivity index (χ3v) is 7.52. The summed E-state index contributed by atoms with van der Waals surface area (Å²) in [7, 11) is 0. The van der Waals surface area contributed by atoms with E-state index in [1.165, 1.54) is 35.9 Å². The number of rotatable bonds is 4. The fourth-order valence-electron chi connectivity index (χ4n) is 5.62. The quantitative estimate of drug-likeness (QED) is 0.506. The largest absolute Gasteiger partial charge is 0.272 e. The average molecular weight is 547 g/mol. The van der Waals surface area contributed by atoms with Crippen LogP contribution in [0.1, 0.15) is 53.4 Å². The van der Waals surface area contributed by atoms with Crippen molar-refractivity contribution in [3.8, 4) is 0 Å². The normalized spacial score (nSPS) is 22.8. The molecule has 2 amide bonds. The number of nitrogens with one attached hydrogen (secondary N) is 2. The monoisotopic (exact) mass is 546 g/mol. The fourth-order valence-corrected chi connectivity index (χ4v) is 6.05. The Labute approximate surface area is 261 Å². The SMILES string of the molecule is O=C(Cc1c(Cl)ccc2c1C1C3CCC(C3)C21)NF.O=C(Cc1ccccc1Cl)NF.[Ar].[Ar]. The molecule has 2 fully saturated rings. The molecule has 2 aromatic rings. The molecule has 2 saturated carbocycles. The van der Waals surface area contributed by atoms with Crippen LogP contribution in [0.15, 0.2) is 36.4 Å². The average Bonchev–Trinajstić information content (AvgIpc) is 3.33. The summed E-state index contributed by atoms with van der Waals surface area (Å²) < 4.78 is 23.8. The number of amides is 2. The van der Waals surface area contributed by atoms with Crippen molar-refractivity contribution in [1.29, 1.82) is 0 Å². The van der Waals surface area contributed by atoms with Crippen LogP contribution >= 0.6 is 23.2 Å². The number of halogens is 4. The molecule has 0 aliphatic heterocycles. The number of hydrogen-bond donors (Lipinski definition) is 2. The minimum absolute atomic E-state index is 0. The fraction of sp³-hybridized carbons (Fsp3) is 0.391. The molecular weight excluding hydrogens is 525 g/mol. The van der Waals surface area contributed by atoms with Crippen molar-refractivity contribution >= 4 is 35.0 Å². The van der Waals surface area contributed by atoms with Gasteiger partial charge in [-0.05, 0) is 77.3 Å². The summed E-state index contributed by atoms with van der Waals surface area (Å²) >= 11 is 11.9. The first kappa shape index (κ1) is 29.6. The van der Waals surface area contributed by atoms with Gasteiger partial charge in [0.05, 0.1) is 12.8 Å². The third-order valence-electron chi connectivity index (χ3n) is 6.80. The molecule has 4 unspecified atom stereocenters. The Kier molecular flexibility index (Phi) is 11.7. The van der Waals surface area contributed by atoms with Crippen LogP contribution in [0.2, 0.25) is 10.0 Å². The molecule has 0 saturated heterocycles. The van der Waals surface area contributed by atoms with Crippen LogP contribution in [0.5, 0.6) is 0 Å². The molecule has 4 nitrogen and oxygen atoms in total. The second kappa shape index (κ2) is 13.0. The van der Waals surface area contributed by atoms with E-state index in [1.807, 2.05) is 6.07 Å². The van der Waals surface area contributed by atoms with E-state index in [-0.39, 0.29) is 88.3 Å². The standard InChI is InChI=1S/C15H15ClFNO.C8H7ClFNO.2Ar/c16-11-4-3-9-13-7-1-2-8(5-7)14(13)15(9)10(11)6-12(19)18-17;9-7-4-2-1-3-6(7)5-8(12)11-10;;/h3-4,7-8,13-14H,1-2,5-6H2,(H,18,19);1-4H,5H2,(H,11,12);;. The van der Waals surface area contributed by atoms with Gasteiger partial charge >= 0.3 is 0 Å². The van der Waals surface area contributed by atoms with Crippen molar-refractivity contribution in [1.82, 2.24) is 11.1 Å². The van der Waals surface area contributed by atoms with E-state index < -0.39 is 11.8 Å². The van der Waals surface area contributed by atoms with E-state index in [0.29, 0.717) is 27.4 Å². The summed E-state index contributed by atoms with van der Waals surface area (Å²) in [6.07, 6.45) is 3.98. The third kappa shape index (κ3) is 6.19. The van der Waals surface area contributed by atoms with Crippen molar-refractivity contribution in [2.45, 2.75) is 43.9 Å². The number of hydrogen-bond acceptors (Lipinski definition) is 2. The molecule has 3 aliphatic carbocycles. The first-order valence-electron chi connectivity index (χ1n) is 10.3. The molecule has 0 radical (unpaired) electrons. The predicted octanol–water partition coefficient (Wildman–Crippen LogP) is 5.38. The van der Waals surface area contributed by atoms with Crippen LogP contribution in [0, 0.1) is 87.3 Å². The van der Waals surface area contributed by atoms with Gasteiger partial charge in [-0.15, -0.1) is 8.96 Å². The van der Waals surface area contributed by atoms with E-state index >= 15 is 0 Å². The van der Waals surface area contributed by atoms with Gasteiger partial charge in [0.25, 0.3) is 11.8 Å². The number of benzene rings is 2. The Morgan fingerprint density at radius 3 is 2.09 bits per heavy atom. The van der Waals surface area contributed by atoms with Crippen LogP contribution in [-0.2, 0) is 22.4 Å². The number of fused-ring (bicyclic) bond motifs is 8. The minimum atomic E-state index is -0.692. The Hall–Kier alpha value is 0.339. The zero-order chi connectivity index (χ0) is 22.1. The molecule has 5 rings (SSSR count). The van der Waals surface area contributed by atoms with Gasteiger partial charge in [0, 0.05) is 85.5 Å². The topological polar surface area (TPSA) is 58.2 Å². The van der Waals surface area contributed by atoms with E-state index in [2.05, 4.69) is 6.07 Å². The van der Waals surface area contributed by atoms with Gasteiger partial charge in [-0.1, -0.05) is 47.5 Å². The minimum Gasteiger partial charge on any atom is -0.272 e. The molecule has 33 heavy (non-hydrogen) atoms. The Morgan fingerprint density at radius 2 is 1.45 bits per heavy atom. The van der Waals surface area contributed by atoms with Gasteiger partial charge in [-0.25, -0.2) is 0 Å². The Morgan fingerprint density at radius 1 is 0.848 bits per heavy atom. The molecule has 4 atom stereocenters. The van der Waals surface area contributed by atoms with Gasteiger partial charge in [0.1, 0.15) is 0 Å². The van der Waals surface area contributed by atoms with Crippen LogP contribution < -0.4 is 11.1 Å². The van der Waals surface area contributed by atoms with Crippen molar-refractivity contribution in [2.75, 3.05) is 0 Å². The van der Waals surface area contributed by atoms with E-state index in [0.717, 1.165) is 22.9 Å². The van der Waals surface area contributed by atoms with Gasteiger partial charge in [-0.2, -0.15) is 11.1 Å². The molecule has 0 heterocycles. The molecular formula is C23H22Ar2Cl2F2N2O2. The summed E-state index contributed by atoms with van der Waals surface area (Å²) in [6.45, 7) is 0. The van der Waals surface area contributed by atoms with Crippen molar-refractivity contribution in [3.63, 3.8) is 0 Å². The van der Waals surface area contributed by atoms with E-state index in [4.69, 9.17) is 23.2 Å². The first-order valence-corrected chi connectivity index (χ1v) is 11.0. The molecule has 180 valence electrons. The van der Waals surface area contributed by atoms with E-state index in [1.54, 1.807) is 24.3 Å². The van der Waals surface area contributed by atoms with Crippen LogP contribution in [0.4, 0.5) is 8.96 Å². The van der Waals surface area contributed by atoms with Gasteiger partial charge in [-0.3, -0.25) is 9.59 Å². The zero-order valence-corrected chi connectivity index (χ0v) is 20.3. The van der Waals surface area contributed by atoms with Gasteiger partial charge < -0.3 is 0 Å². The van der Waals surface area contributed by atoms with Crippen molar-refractivity contribution < 1.29 is 94.0 Å². The van der Waals surface area contributed by atoms with E-state index in [9.17, 15) is 18.6 Å². The molecule has 2 bridgehead atoms. The van der Waals surface area contributed by atoms with Gasteiger partial charge in [0.2, 0.25) is 0 Å². The second-order valence-electron chi connectivity index (χ2n) is 8.39. The van der Waals surface area contributed by atoms with Gasteiger partial charge in [0.15, 0.2) is 0 Å². The first-order chi connectivity index (χ1) is 14.9. The molecule has 3 aliphatic rings. The maximum Gasteiger partial charge on any atom is 0.252 e. The van der Waals surface area contributed by atoms with Crippen LogP contribution in [0.3, 0.4) is 0 Å². The molecule has 2 N–H and O–H groups in total. The Bertz CT molecular complexity index is 1030.